The van der Waals surface area contributed by atoms with Crippen molar-refractivity contribution in [2.24, 2.45) is 0 Å². The van der Waals surface area contributed by atoms with E-state index in [1.165, 1.54) is 5.56 Å². The van der Waals surface area contributed by atoms with Crippen LogP contribution in [-0.2, 0) is 6.54 Å². The van der Waals surface area contributed by atoms with Crippen molar-refractivity contribution in [1.82, 2.24) is 10.2 Å². The molecule has 1 aliphatic heterocycles. The van der Waals surface area contributed by atoms with E-state index in [9.17, 15) is 10.1 Å². The van der Waals surface area contributed by atoms with Gasteiger partial charge in [0.1, 0.15) is 6.07 Å². The molecule has 2 aromatic rings. The molecule has 5 heteroatoms. The van der Waals surface area contributed by atoms with Crippen molar-refractivity contribution in [2.75, 3.05) is 31.1 Å². The highest BCUT2D eigenvalue weighted by atomic mass is 16.2. The predicted molar refractivity (Wildman–Crippen MR) is 98.4 cm³/mol. The number of urea groups is 1. The quantitative estimate of drug-likeness (QED) is 0.939. The van der Waals surface area contributed by atoms with Crippen molar-refractivity contribution in [3.8, 4) is 6.07 Å². The lowest BCUT2D eigenvalue weighted by atomic mass is 10.1. The van der Waals surface area contributed by atoms with Gasteiger partial charge in [-0.05, 0) is 24.6 Å². The zero-order valence-electron chi connectivity index (χ0n) is 14.4. The minimum Gasteiger partial charge on any atom is -0.367 e. The lowest BCUT2D eigenvalue weighted by Gasteiger charge is -2.36. The first-order valence-electron chi connectivity index (χ1n) is 8.50. The molecule has 3 rings (SSSR count). The van der Waals surface area contributed by atoms with E-state index in [4.69, 9.17) is 0 Å². The monoisotopic (exact) mass is 334 g/mol. The van der Waals surface area contributed by atoms with E-state index in [0.29, 0.717) is 25.2 Å². The second kappa shape index (κ2) is 7.71. The molecule has 0 spiro atoms. The van der Waals surface area contributed by atoms with Gasteiger partial charge in [0.25, 0.3) is 0 Å². The van der Waals surface area contributed by atoms with Crippen molar-refractivity contribution < 1.29 is 4.79 Å². The van der Waals surface area contributed by atoms with Gasteiger partial charge in [-0.15, -0.1) is 0 Å². The fourth-order valence-corrected chi connectivity index (χ4v) is 2.99. The van der Waals surface area contributed by atoms with Crippen molar-refractivity contribution in [1.29, 1.82) is 5.26 Å². The van der Waals surface area contributed by atoms with Crippen LogP contribution in [0.1, 0.15) is 16.7 Å². The van der Waals surface area contributed by atoms with Crippen molar-refractivity contribution in [3.05, 3.63) is 65.2 Å². The number of carbonyl (C=O) groups excluding carboxylic acids is 1. The Morgan fingerprint density at radius 1 is 1.08 bits per heavy atom. The second-order valence-electron chi connectivity index (χ2n) is 6.25. The van der Waals surface area contributed by atoms with Crippen LogP contribution in [0.4, 0.5) is 10.5 Å². The van der Waals surface area contributed by atoms with Crippen molar-refractivity contribution in [2.45, 2.75) is 13.5 Å². The SMILES string of the molecule is Cc1ccc(CNC(=O)N2CCN(c3ccccc3C#N)CC2)cc1. The highest BCUT2D eigenvalue weighted by Gasteiger charge is 2.22. The number of anilines is 1. The summed E-state index contributed by atoms with van der Waals surface area (Å²) >= 11 is 0. The Morgan fingerprint density at radius 2 is 1.76 bits per heavy atom. The number of nitrogens with one attached hydrogen (secondary N) is 1. The van der Waals surface area contributed by atoms with E-state index < -0.39 is 0 Å². The van der Waals surface area contributed by atoms with E-state index in [1.54, 1.807) is 0 Å². The summed E-state index contributed by atoms with van der Waals surface area (Å²) in [6, 6.07) is 18.0. The molecule has 1 saturated heterocycles. The van der Waals surface area contributed by atoms with Crippen LogP contribution in [0, 0.1) is 18.3 Å². The molecule has 1 fully saturated rings. The summed E-state index contributed by atoms with van der Waals surface area (Å²) in [6.45, 7) is 5.36. The molecule has 25 heavy (non-hydrogen) atoms. The van der Waals surface area contributed by atoms with Crippen LogP contribution in [0.2, 0.25) is 0 Å². The van der Waals surface area contributed by atoms with Gasteiger partial charge in [-0.25, -0.2) is 4.79 Å². The standard InChI is InChI=1S/C20H22N4O/c1-16-6-8-17(9-7-16)15-22-20(25)24-12-10-23(11-13-24)19-5-3-2-4-18(19)14-21/h2-9H,10-13,15H2,1H3,(H,22,25). The molecule has 0 saturated carbocycles. The number of benzene rings is 2. The summed E-state index contributed by atoms with van der Waals surface area (Å²) in [6.07, 6.45) is 0. The van der Waals surface area contributed by atoms with E-state index in [-0.39, 0.29) is 6.03 Å². The molecule has 0 aromatic heterocycles. The summed E-state index contributed by atoms with van der Waals surface area (Å²) < 4.78 is 0. The summed E-state index contributed by atoms with van der Waals surface area (Å²) in [4.78, 5) is 16.4. The first kappa shape index (κ1) is 16.8. The number of aryl methyl sites for hydroxylation is 1. The minimum absolute atomic E-state index is 0.0335. The van der Waals surface area contributed by atoms with Crippen LogP contribution < -0.4 is 10.2 Å². The first-order valence-corrected chi connectivity index (χ1v) is 8.50. The third kappa shape index (κ3) is 4.10. The Hall–Kier alpha value is -3.00. The van der Waals surface area contributed by atoms with Crippen LogP contribution in [0.5, 0.6) is 0 Å². The van der Waals surface area contributed by atoms with Crippen molar-refractivity contribution >= 4 is 11.7 Å². The predicted octanol–water partition coefficient (Wildman–Crippen LogP) is 2.90. The zero-order valence-corrected chi connectivity index (χ0v) is 14.4. The molecule has 5 nitrogen and oxygen atoms in total. The molecule has 0 radical (unpaired) electrons. The number of carbonyl (C=O) groups is 1. The van der Waals surface area contributed by atoms with E-state index in [1.807, 2.05) is 60.4 Å². The lowest BCUT2D eigenvalue weighted by molar-refractivity contribution is 0.194. The summed E-state index contributed by atoms with van der Waals surface area (Å²) in [7, 11) is 0. The normalized spacial score (nSPS) is 14.1. The Balaban J connectivity index is 1.52. The lowest BCUT2D eigenvalue weighted by Crippen LogP contribution is -2.51. The fourth-order valence-electron chi connectivity index (χ4n) is 2.99. The Labute approximate surface area is 148 Å². The fraction of sp³-hybridized carbons (Fsp3) is 0.300. The Morgan fingerprint density at radius 3 is 2.44 bits per heavy atom. The smallest absolute Gasteiger partial charge is 0.317 e. The summed E-state index contributed by atoms with van der Waals surface area (Å²) in [5.41, 5.74) is 3.94. The van der Waals surface area contributed by atoms with Crippen molar-refractivity contribution in [3.63, 3.8) is 0 Å². The van der Waals surface area contributed by atoms with E-state index in [0.717, 1.165) is 24.3 Å². The number of hydrogen-bond donors (Lipinski definition) is 1. The zero-order chi connectivity index (χ0) is 17.6. The van der Waals surface area contributed by atoms with Crippen LogP contribution in [0.15, 0.2) is 48.5 Å². The van der Waals surface area contributed by atoms with Gasteiger partial charge in [0.15, 0.2) is 0 Å². The van der Waals surface area contributed by atoms with Gasteiger partial charge in [-0.2, -0.15) is 5.26 Å². The molecule has 0 aliphatic carbocycles. The molecule has 2 amide bonds. The maximum atomic E-state index is 12.3. The number of hydrogen-bond acceptors (Lipinski definition) is 3. The number of nitrogens with zero attached hydrogens (tertiary/aromatic N) is 3. The highest BCUT2D eigenvalue weighted by molar-refractivity contribution is 5.74. The first-order chi connectivity index (χ1) is 12.2. The third-order valence-corrected chi connectivity index (χ3v) is 4.50. The molecule has 128 valence electrons. The number of para-hydroxylation sites is 1. The van der Waals surface area contributed by atoms with Crippen LogP contribution >= 0.6 is 0 Å². The largest absolute Gasteiger partial charge is 0.367 e. The summed E-state index contributed by atoms with van der Waals surface area (Å²) in [5, 5.41) is 12.2. The summed E-state index contributed by atoms with van der Waals surface area (Å²) in [5.74, 6) is 0. The molecule has 0 unspecified atom stereocenters. The van der Waals surface area contributed by atoms with Gasteiger partial charge >= 0.3 is 6.03 Å². The Bertz CT molecular complexity index is 771. The van der Waals surface area contributed by atoms with Gasteiger partial charge in [0.05, 0.1) is 11.3 Å². The maximum absolute atomic E-state index is 12.3. The van der Waals surface area contributed by atoms with E-state index in [2.05, 4.69) is 16.3 Å². The number of nitriles is 1. The highest BCUT2D eigenvalue weighted by Crippen LogP contribution is 2.21. The molecule has 0 atom stereocenters. The maximum Gasteiger partial charge on any atom is 0.317 e. The van der Waals surface area contributed by atoms with E-state index >= 15 is 0 Å². The van der Waals surface area contributed by atoms with Gasteiger partial charge in [-0.1, -0.05) is 42.0 Å². The Kier molecular flexibility index (Phi) is 5.20. The second-order valence-corrected chi connectivity index (χ2v) is 6.25. The molecular weight excluding hydrogens is 312 g/mol. The number of amides is 2. The molecule has 0 bridgehead atoms. The molecule has 1 heterocycles. The third-order valence-electron chi connectivity index (χ3n) is 4.50. The van der Waals surface area contributed by atoms with Gasteiger partial charge in [-0.3, -0.25) is 0 Å². The molecule has 1 aliphatic rings. The number of piperazine rings is 1. The van der Waals surface area contributed by atoms with Gasteiger partial charge in [0.2, 0.25) is 0 Å². The number of rotatable bonds is 3. The van der Waals surface area contributed by atoms with Crippen LogP contribution in [0.3, 0.4) is 0 Å². The molecule has 2 aromatic carbocycles. The average molecular weight is 334 g/mol. The average Bonchev–Trinajstić information content (AvgIpc) is 2.67. The van der Waals surface area contributed by atoms with Gasteiger partial charge < -0.3 is 15.1 Å². The van der Waals surface area contributed by atoms with Crippen LogP contribution in [0.25, 0.3) is 0 Å². The van der Waals surface area contributed by atoms with Gasteiger partial charge in [0, 0.05) is 32.7 Å². The molecule has 1 N–H and O–H groups in total. The van der Waals surface area contributed by atoms with Crippen LogP contribution in [-0.4, -0.2) is 37.1 Å². The minimum atomic E-state index is -0.0335. The molecular formula is C20H22N4O. The topological polar surface area (TPSA) is 59.4 Å².